The average molecular weight is 213 g/mol. The molecular formula is C10H19N3O2. The van der Waals surface area contributed by atoms with Gasteiger partial charge in [-0.1, -0.05) is 6.92 Å². The predicted molar refractivity (Wildman–Crippen MR) is 57.3 cm³/mol. The van der Waals surface area contributed by atoms with Crippen molar-refractivity contribution in [2.24, 2.45) is 5.73 Å². The monoisotopic (exact) mass is 213 g/mol. The van der Waals surface area contributed by atoms with Crippen LogP contribution in [0, 0.1) is 0 Å². The molecule has 15 heavy (non-hydrogen) atoms. The summed E-state index contributed by atoms with van der Waals surface area (Å²) in [6.07, 6.45) is 2.33. The Hall–Kier alpha value is -0.910. The second kappa shape index (κ2) is 5.85. The Labute approximate surface area is 90.2 Å². The molecule has 0 spiro atoms. The highest BCUT2D eigenvalue weighted by atomic mass is 16.7. The summed E-state index contributed by atoms with van der Waals surface area (Å²) < 4.78 is 12.1. The standard InChI is InChI=1S/C10H19N3O2/c1-4-7-13-8(5-6-12-13)9(11)10(14-2)15-3/h5-6,9-10H,4,7,11H2,1-3H3. The van der Waals surface area contributed by atoms with Crippen LogP contribution in [0.1, 0.15) is 25.1 Å². The minimum Gasteiger partial charge on any atom is -0.354 e. The fraction of sp³-hybridized carbons (Fsp3) is 0.700. The van der Waals surface area contributed by atoms with Crippen LogP contribution in [0.5, 0.6) is 0 Å². The zero-order valence-electron chi connectivity index (χ0n) is 9.51. The lowest BCUT2D eigenvalue weighted by Gasteiger charge is -2.21. The summed E-state index contributed by atoms with van der Waals surface area (Å²) in [6.45, 7) is 2.96. The summed E-state index contributed by atoms with van der Waals surface area (Å²) in [5.74, 6) is 0. The quantitative estimate of drug-likeness (QED) is 0.713. The fourth-order valence-corrected chi connectivity index (χ4v) is 1.55. The summed E-state index contributed by atoms with van der Waals surface area (Å²) in [5, 5.41) is 4.20. The maximum absolute atomic E-state index is 6.02. The van der Waals surface area contributed by atoms with Gasteiger partial charge in [0.05, 0.1) is 11.7 Å². The normalized spacial score (nSPS) is 13.4. The van der Waals surface area contributed by atoms with E-state index in [9.17, 15) is 0 Å². The highest BCUT2D eigenvalue weighted by Crippen LogP contribution is 2.16. The van der Waals surface area contributed by atoms with E-state index in [-0.39, 0.29) is 6.04 Å². The summed E-state index contributed by atoms with van der Waals surface area (Å²) >= 11 is 0. The minimum absolute atomic E-state index is 0.311. The lowest BCUT2D eigenvalue weighted by Crippen LogP contribution is -2.31. The number of rotatable bonds is 6. The van der Waals surface area contributed by atoms with Gasteiger partial charge in [0.15, 0.2) is 6.29 Å². The van der Waals surface area contributed by atoms with Gasteiger partial charge in [0.1, 0.15) is 0 Å². The average Bonchev–Trinajstić information content (AvgIpc) is 2.68. The van der Waals surface area contributed by atoms with Crippen molar-refractivity contribution in [3.8, 4) is 0 Å². The molecule has 0 aliphatic carbocycles. The van der Waals surface area contributed by atoms with Gasteiger partial charge in [-0.05, 0) is 12.5 Å². The van der Waals surface area contributed by atoms with Crippen molar-refractivity contribution in [3.63, 3.8) is 0 Å². The zero-order valence-corrected chi connectivity index (χ0v) is 9.51. The molecular weight excluding hydrogens is 194 g/mol. The molecule has 0 aliphatic rings. The Bertz CT molecular complexity index is 284. The Morgan fingerprint density at radius 1 is 1.47 bits per heavy atom. The summed E-state index contributed by atoms with van der Waals surface area (Å²) in [6, 6.07) is 1.58. The van der Waals surface area contributed by atoms with E-state index in [2.05, 4.69) is 12.0 Å². The lowest BCUT2D eigenvalue weighted by molar-refractivity contribution is -0.118. The Morgan fingerprint density at radius 2 is 2.13 bits per heavy atom. The second-order valence-electron chi connectivity index (χ2n) is 3.34. The maximum atomic E-state index is 6.02. The van der Waals surface area contributed by atoms with Gasteiger partial charge in [-0.3, -0.25) is 4.68 Å². The SMILES string of the molecule is CCCn1nccc1C(N)C(OC)OC. The minimum atomic E-state index is -0.433. The van der Waals surface area contributed by atoms with Crippen molar-refractivity contribution in [2.45, 2.75) is 32.2 Å². The molecule has 1 aromatic rings. The van der Waals surface area contributed by atoms with E-state index in [1.807, 2.05) is 10.7 Å². The van der Waals surface area contributed by atoms with Crippen molar-refractivity contribution in [2.75, 3.05) is 14.2 Å². The molecule has 5 nitrogen and oxygen atoms in total. The van der Waals surface area contributed by atoms with E-state index in [1.54, 1.807) is 20.4 Å². The van der Waals surface area contributed by atoms with Crippen molar-refractivity contribution in [1.82, 2.24) is 9.78 Å². The molecule has 0 aliphatic heterocycles. The molecule has 0 radical (unpaired) electrons. The van der Waals surface area contributed by atoms with Gasteiger partial charge in [0.25, 0.3) is 0 Å². The third kappa shape index (κ3) is 2.77. The first-order valence-electron chi connectivity index (χ1n) is 5.07. The number of aromatic nitrogens is 2. The number of aryl methyl sites for hydroxylation is 1. The van der Waals surface area contributed by atoms with Crippen molar-refractivity contribution in [3.05, 3.63) is 18.0 Å². The van der Waals surface area contributed by atoms with Crippen molar-refractivity contribution < 1.29 is 9.47 Å². The Balaban J connectivity index is 2.79. The van der Waals surface area contributed by atoms with Crippen LogP contribution < -0.4 is 5.73 Å². The molecule has 2 N–H and O–H groups in total. The van der Waals surface area contributed by atoms with Crippen LogP contribution in [0.3, 0.4) is 0 Å². The van der Waals surface area contributed by atoms with Crippen LogP contribution >= 0.6 is 0 Å². The molecule has 0 saturated heterocycles. The molecule has 86 valence electrons. The summed E-state index contributed by atoms with van der Waals surface area (Å²) in [4.78, 5) is 0. The number of nitrogens with zero attached hydrogens (tertiary/aromatic N) is 2. The molecule has 1 rings (SSSR count). The van der Waals surface area contributed by atoms with Crippen LogP contribution in [0.15, 0.2) is 12.3 Å². The number of methoxy groups -OCH3 is 2. The molecule has 0 amide bonds. The van der Waals surface area contributed by atoms with Crippen LogP contribution in [-0.2, 0) is 16.0 Å². The summed E-state index contributed by atoms with van der Waals surface area (Å²) in [7, 11) is 3.16. The maximum Gasteiger partial charge on any atom is 0.177 e. The van der Waals surface area contributed by atoms with Crippen LogP contribution in [0.4, 0.5) is 0 Å². The highest BCUT2D eigenvalue weighted by Gasteiger charge is 2.21. The number of ether oxygens (including phenoxy) is 2. The fourth-order valence-electron chi connectivity index (χ4n) is 1.55. The molecule has 1 heterocycles. The van der Waals surface area contributed by atoms with Gasteiger partial charge in [0.2, 0.25) is 0 Å². The molecule has 1 unspecified atom stereocenters. The van der Waals surface area contributed by atoms with Crippen LogP contribution in [0.2, 0.25) is 0 Å². The van der Waals surface area contributed by atoms with E-state index in [4.69, 9.17) is 15.2 Å². The van der Waals surface area contributed by atoms with Crippen LogP contribution in [0.25, 0.3) is 0 Å². The van der Waals surface area contributed by atoms with E-state index in [1.165, 1.54) is 0 Å². The van der Waals surface area contributed by atoms with Gasteiger partial charge >= 0.3 is 0 Å². The molecule has 0 fully saturated rings. The van der Waals surface area contributed by atoms with Gasteiger partial charge in [-0.25, -0.2) is 0 Å². The molecule has 1 aromatic heterocycles. The molecule has 0 bridgehead atoms. The van der Waals surface area contributed by atoms with Crippen molar-refractivity contribution in [1.29, 1.82) is 0 Å². The van der Waals surface area contributed by atoms with Gasteiger partial charge in [-0.15, -0.1) is 0 Å². The van der Waals surface area contributed by atoms with Crippen molar-refractivity contribution >= 4 is 0 Å². The summed E-state index contributed by atoms with van der Waals surface area (Å²) in [5.41, 5.74) is 6.96. The first kappa shape index (κ1) is 12.2. The number of hydrogen-bond acceptors (Lipinski definition) is 4. The third-order valence-electron chi connectivity index (χ3n) is 2.28. The lowest BCUT2D eigenvalue weighted by atomic mass is 10.2. The van der Waals surface area contributed by atoms with Gasteiger partial charge < -0.3 is 15.2 Å². The Kier molecular flexibility index (Phi) is 4.74. The first-order chi connectivity index (χ1) is 7.24. The van der Waals surface area contributed by atoms with Crippen LogP contribution in [-0.4, -0.2) is 30.3 Å². The first-order valence-corrected chi connectivity index (χ1v) is 5.07. The van der Waals surface area contributed by atoms with Gasteiger partial charge in [0, 0.05) is 27.0 Å². The molecule has 0 saturated carbocycles. The molecule has 0 aromatic carbocycles. The molecule has 1 atom stereocenters. The van der Waals surface area contributed by atoms with E-state index in [0.717, 1.165) is 18.7 Å². The predicted octanol–water partition coefficient (Wildman–Crippen LogP) is 0.912. The Morgan fingerprint density at radius 3 is 2.67 bits per heavy atom. The number of nitrogens with two attached hydrogens (primary N) is 1. The highest BCUT2D eigenvalue weighted by molar-refractivity contribution is 5.07. The third-order valence-corrected chi connectivity index (χ3v) is 2.28. The van der Waals surface area contributed by atoms with E-state index in [0.29, 0.717) is 0 Å². The topological polar surface area (TPSA) is 62.3 Å². The van der Waals surface area contributed by atoms with Gasteiger partial charge in [-0.2, -0.15) is 5.10 Å². The number of hydrogen-bond donors (Lipinski definition) is 1. The zero-order chi connectivity index (χ0) is 11.3. The second-order valence-corrected chi connectivity index (χ2v) is 3.34. The smallest absolute Gasteiger partial charge is 0.177 e. The van der Waals surface area contributed by atoms with E-state index < -0.39 is 6.29 Å². The van der Waals surface area contributed by atoms with E-state index >= 15 is 0 Å². The largest absolute Gasteiger partial charge is 0.354 e. The molecule has 5 heteroatoms.